The number of carboxylic acids is 1. The zero-order valence-corrected chi connectivity index (χ0v) is 25.3. The fourth-order valence-electron chi connectivity index (χ4n) is 6.09. The molecule has 17 nitrogen and oxygen atoms in total. The Hall–Kier alpha value is -3.75. The van der Waals surface area contributed by atoms with Crippen molar-refractivity contribution >= 4 is 18.0 Å². The molecule has 0 radical (unpaired) electrons. The van der Waals surface area contributed by atoms with E-state index in [1.807, 2.05) is 48.5 Å². The summed E-state index contributed by atoms with van der Waals surface area (Å²) in [4.78, 5) is 37.4. The third kappa shape index (κ3) is 7.30. The van der Waals surface area contributed by atoms with Crippen molar-refractivity contribution in [2.45, 2.75) is 79.7 Å². The Balaban J connectivity index is 1.16. The van der Waals surface area contributed by atoms with Crippen molar-refractivity contribution in [1.29, 1.82) is 0 Å². The average molecular weight is 679 g/mol. The number of alkyl carbamates (subject to hydrolysis) is 1. The molecule has 2 heterocycles. The van der Waals surface area contributed by atoms with Gasteiger partial charge in [-0.3, -0.25) is 4.79 Å². The second-order valence-corrected chi connectivity index (χ2v) is 11.7. The van der Waals surface area contributed by atoms with Crippen LogP contribution < -0.4 is 10.6 Å². The number of hydrogen-bond acceptors (Lipinski definition) is 14. The molecular weight excluding hydrogens is 640 g/mol. The molecule has 2 saturated heterocycles. The van der Waals surface area contributed by atoms with Gasteiger partial charge >= 0.3 is 12.1 Å². The smallest absolute Gasteiger partial charge is 0.407 e. The number of aliphatic hydroxyl groups is 7. The lowest BCUT2D eigenvalue weighted by atomic mass is 9.96. The second-order valence-electron chi connectivity index (χ2n) is 11.7. The van der Waals surface area contributed by atoms with E-state index in [9.17, 15) is 55.2 Å². The van der Waals surface area contributed by atoms with Crippen molar-refractivity contribution in [2.24, 2.45) is 0 Å². The summed E-state index contributed by atoms with van der Waals surface area (Å²) in [5.74, 6) is -2.88. The van der Waals surface area contributed by atoms with Crippen LogP contribution in [0, 0.1) is 0 Å². The molecule has 0 spiro atoms. The summed E-state index contributed by atoms with van der Waals surface area (Å²) in [7, 11) is 0. The molecule has 48 heavy (non-hydrogen) atoms. The molecule has 3 aliphatic rings. The summed E-state index contributed by atoms with van der Waals surface area (Å²) in [6.45, 7) is -1.71. The van der Waals surface area contributed by atoms with Crippen LogP contribution >= 0.6 is 0 Å². The van der Waals surface area contributed by atoms with Crippen molar-refractivity contribution in [3.8, 4) is 11.1 Å². The van der Waals surface area contributed by atoms with Gasteiger partial charge in [0.1, 0.15) is 61.5 Å². The van der Waals surface area contributed by atoms with Crippen molar-refractivity contribution in [3.63, 3.8) is 0 Å². The summed E-state index contributed by atoms with van der Waals surface area (Å²) in [5.41, 5.74) is 3.87. The maximum absolute atomic E-state index is 12.8. The number of aliphatic carboxylic acids is 1. The Morgan fingerprint density at radius 1 is 0.771 bits per heavy atom. The predicted octanol–water partition coefficient (Wildman–Crippen LogP) is -2.89. The summed E-state index contributed by atoms with van der Waals surface area (Å²) < 4.78 is 21.6. The van der Waals surface area contributed by atoms with E-state index in [1.54, 1.807) is 0 Å². The van der Waals surface area contributed by atoms with Crippen LogP contribution in [0.15, 0.2) is 48.5 Å². The van der Waals surface area contributed by atoms with E-state index in [0.29, 0.717) is 0 Å². The van der Waals surface area contributed by atoms with Gasteiger partial charge in [-0.1, -0.05) is 48.5 Å². The average Bonchev–Trinajstić information content (AvgIpc) is 3.40. The molecule has 0 bridgehead atoms. The van der Waals surface area contributed by atoms with Gasteiger partial charge in [0, 0.05) is 5.92 Å². The number of nitrogens with one attached hydrogen (secondary N) is 2. The van der Waals surface area contributed by atoms with Gasteiger partial charge in [-0.2, -0.15) is 0 Å². The van der Waals surface area contributed by atoms with Crippen LogP contribution in [0.5, 0.6) is 0 Å². The van der Waals surface area contributed by atoms with Crippen LogP contribution in [0.25, 0.3) is 11.1 Å². The van der Waals surface area contributed by atoms with Gasteiger partial charge in [-0.25, -0.2) is 9.59 Å². The molecule has 2 amide bonds. The molecule has 2 aromatic carbocycles. The number of rotatable bonds is 11. The maximum atomic E-state index is 12.8. The largest absolute Gasteiger partial charge is 0.480 e. The van der Waals surface area contributed by atoms with E-state index in [1.165, 1.54) is 0 Å². The predicted molar refractivity (Wildman–Crippen MR) is 159 cm³/mol. The van der Waals surface area contributed by atoms with Crippen LogP contribution in [-0.4, -0.2) is 146 Å². The van der Waals surface area contributed by atoms with E-state index >= 15 is 0 Å². The van der Waals surface area contributed by atoms with E-state index < -0.39 is 105 Å². The van der Waals surface area contributed by atoms with E-state index in [4.69, 9.17) is 18.9 Å². The molecule has 262 valence electrons. The Morgan fingerprint density at radius 3 is 1.96 bits per heavy atom. The molecule has 17 heteroatoms. The molecule has 5 rings (SSSR count). The Bertz CT molecular complexity index is 1410. The topological polar surface area (TPSA) is 274 Å². The standard InChI is InChI=1S/C31H38N2O15/c34-10-19-22(37)23(38)26(41)30(47-19)48-27-20(11-35)46-28(25(40)24(27)39)33-21(36)9-18(29(42)43)32-31(44)45-12-17-15-7-3-1-5-13(15)14-6-2-4-8-16(14)17/h1-8,17-20,22-28,30,34-35,37-41H,9-12H2,(H,32,44)(H,33,36)(H,42,43)/t18-,19+,20+,22-,23-,24+,25+,26+,27+,28+,30-/m0/s1. The number of hydrogen-bond donors (Lipinski definition) is 10. The highest BCUT2D eigenvalue weighted by Crippen LogP contribution is 2.44. The summed E-state index contributed by atoms with van der Waals surface area (Å²) in [6.07, 6.45) is -19.0. The molecule has 11 atom stereocenters. The van der Waals surface area contributed by atoms with Gasteiger partial charge < -0.3 is 70.4 Å². The number of carboxylic acid groups (broad SMARTS) is 1. The van der Waals surface area contributed by atoms with Crippen molar-refractivity contribution in [3.05, 3.63) is 59.7 Å². The Kier molecular flexibility index (Phi) is 11.3. The highest BCUT2D eigenvalue weighted by Gasteiger charge is 2.50. The Labute approximate surface area is 273 Å². The molecule has 0 saturated carbocycles. The third-order valence-corrected chi connectivity index (χ3v) is 8.63. The summed E-state index contributed by atoms with van der Waals surface area (Å²) in [5, 5.41) is 84.9. The molecule has 2 aliphatic heterocycles. The normalized spacial score (nSPS) is 32.1. The summed E-state index contributed by atoms with van der Waals surface area (Å²) >= 11 is 0. The minimum atomic E-state index is -1.93. The number of carbonyl (C=O) groups is 3. The number of aliphatic hydroxyl groups excluding tert-OH is 7. The van der Waals surface area contributed by atoms with Crippen LogP contribution in [0.4, 0.5) is 4.79 Å². The number of fused-ring (bicyclic) bond motifs is 3. The van der Waals surface area contributed by atoms with Gasteiger partial charge in [-0.05, 0) is 22.3 Å². The number of ether oxygens (including phenoxy) is 4. The van der Waals surface area contributed by atoms with Crippen LogP contribution in [0.1, 0.15) is 23.5 Å². The first-order valence-electron chi connectivity index (χ1n) is 15.2. The minimum Gasteiger partial charge on any atom is -0.480 e. The third-order valence-electron chi connectivity index (χ3n) is 8.63. The van der Waals surface area contributed by atoms with E-state index in [-0.39, 0.29) is 12.5 Å². The van der Waals surface area contributed by atoms with E-state index in [2.05, 4.69) is 10.6 Å². The highest BCUT2D eigenvalue weighted by molar-refractivity contribution is 5.87. The first kappa shape index (κ1) is 35.6. The first-order valence-corrected chi connectivity index (χ1v) is 15.2. The van der Waals surface area contributed by atoms with E-state index in [0.717, 1.165) is 22.3 Å². The highest BCUT2D eigenvalue weighted by atomic mass is 16.7. The second kappa shape index (κ2) is 15.2. The van der Waals surface area contributed by atoms with Crippen LogP contribution in [-0.2, 0) is 28.5 Å². The lowest BCUT2D eigenvalue weighted by Crippen LogP contribution is -2.66. The van der Waals surface area contributed by atoms with Gasteiger partial charge in [0.05, 0.1) is 19.6 Å². The monoisotopic (exact) mass is 678 g/mol. The van der Waals surface area contributed by atoms with Gasteiger partial charge in [0.25, 0.3) is 0 Å². The fraction of sp³-hybridized carbons (Fsp3) is 0.516. The van der Waals surface area contributed by atoms with Crippen LogP contribution in [0.3, 0.4) is 0 Å². The Morgan fingerprint density at radius 2 is 1.38 bits per heavy atom. The van der Waals surface area contributed by atoms with Gasteiger partial charge in [0.2, 0.25) is 5.91 Å². The molecule has 0 unspecified atom stereocenters. The molecule has 0 aromatic heterocycles. The SMILES string of the molecule is O=C(C[C@H](NC(=O)OCC1c2ccccc2-c2ccccc21)C(=O)O)N[C@@H]1O[C@H](CO)[C@@H](O[C@@H]2O[C@H](CO)[C@H](O)[C@H](O)[C@H]2O)[C@H](O)[C@H]1O. The van der Waals surface area contributed by atoms with Crippen LogP contribution in [0.2, 0.25) is 0 Å². The number of carbonyl (C=O) groups excluding carboxylic acids is 2. The first-order chi connectivity index (χ1) is 22.9. The zero-order chi connectivity index (χ0) is 34.7. The van der Waals surface area contributed by atoms with Crippen molar-refractivity contribution in [2.75, 3.05) is 19.8 Å². The number of benzene rings is 2. The lowest BCUT2D eigenvalue weighted by Gasteiger charge is -2.46. The van der Waals surface area contributed by atoms with Gasteiger partial charge in [0.15, 0.2) is 12.5 Å². The molecule has 10 N–H and O–H groups in total. The lowest BCUT2D eigenvalue weighted by molar-refractivity contribution is -0.343. The quantitative estimate of drug-likeness (QED) is 0.114. The maximum Gasteiger partial charge on any atom is 0.407 e. The van der Waals surface area contributed by atoms with Gasteiger partial charge in [-0.15, -0.1) is 0 Å². The fourth-order valence-corrected chi connectivity index (χ4v) is 6.09. The summed E-state index contributed by atoms with van der Waals surface area (Å²) in [6, 6.07) is 13.5. The minimum absolute atomic E-state index is 0.104. The van der Waals surface area contributed by atoms with Crippen molar-refractivity contribution in [1.82, 2.24) is 10.6 Å². The molecule has 1 aliphatic carbocycles. The number of amides is 2. The molecular formula is C31H38N2O15. The molecule has 2 fully saturated rings. The zero-order valence-electron chi connectivity index (χ0n) is 25.3. The van der Waals surface area contributed by atoms with Crippen molar-refractivity contribution < 1.29 is 74.2 Å². The molecule has 2 aromatic rings.